The minimum atomic E-state index is -3.41. The van der Waals surface area contributed by atoms with Crippen molar-refractivity contribution in [3.63, 3.8) is 0 Å². The van der Waals surface area contributed by atoms with E-state index in [1.54, 1.807) is 30.7 Å². The van der Waals surface area contributed by atoms with Gasteiger partial charge in [-0.3, -0.25) is 4.79 Å². The largest absolute Gasteiger partial charge is 0.378 e. The van der Waals surface area contributed by atoms with Crippen LogP contribution in [-0.4, -0.2) is 97.5 Å². The summed E-state index contributed by atoms with van der Waals surface area (Å²) >= 11 is 0. The number of sulfone groups is 1. The van der Waals surface area contributed by atoms with Gasteiger partial charge in [0.15, 0.2) is 9.84 Å². The Morgan fingerprint density at radius 3 is 2.40 bits per heavy atom. The van der Waals surface area contributed by atoms with Gasteiger partial charge in [-0.1, -0.05) is 0 Å². The third kappa shape index (κ3) is 5.36. The van der Waals surface area contributed by atoms with Gasteiger partial charge in [0.25, 0.3) is 0 Å². The monoisotopic (exact) mass is 561 g/mol. The standard InChI is InChI=1S/C28H31N7O4S/c1-40(37,38)23-4-5-25(24(17-23)22-18-30-28(31-19-22)34-13-15-39-16-14-34)32-9-11-33(12-10-32)26(36)20-35-8-6-21-3-2-7-29-27(21)35/h2-8,17-19H,9-16,20H2,1H3. The molecule has 208 valence electrons. The van der Waals surface area contributed by atoms with Crippen LogP contribution < -0.4 is 9.80 Å². The zero-order valence-corrected chi connectivity index (χ0v) is 23.1. The summed E-state index contributed by atoms with van der Waals surface area (Å²) in [6.45, 7) is 5.33. The number of ether oxygens (including phenoxy) is 1. The molecule has 2 aliphatic rings. The second-order valence-corrected chi connectivity index (χ2v) is 12.1. The van der Waals surface area contributed by atoms with Crippen molar-refractivity contribution in [3.05, 3.63) is 61.2 Å². The molecular weight excluding hydrogens is 530 g/mol. The fraction of sp³-hybridized carbons (Fsp3) is 0.357. The number of piperazine rings is 1. The quantitative estimate of drug-likeness (QED) is 0.349. The van der Waals surface area contributed by atoms with E-state index in [2.05, 4.69) is 24.8 Å². The van der Waals surface area contributed by atoms with Gasteiger partial charge in [0.1, 0.15) is 12.2 Å². The van der Waals surface area contributed by atoms with Crippen molar-refractivity contribution in [3.8, 4) is 11.1 Å². The van der Waals surface area contributed by atoms with Crippen LogP contribution in [0.4, 0.5) is 11.6 Å². The Morgan fingerprint density at radius 1 is 0.925 bits per heavy atom. The first-order chi connectivity index (χ1) is 19.4. The highest BCUT2D eigenvalue weighted by molar-refractivity contribution is 7.90. The molecule has 0 N–H and O–H groups in total. The number of nitrogens with zero attached hydrogens (tertiary/aromatic N) is 7. The summed E-state index contributed by atoms with van der Waals surface area (Å²) in [6, 6.07) is 11.0. The molecule has 4 aromatic rings. The van der Waals surface area contributed by atoms with Crippen LogP contribution in [0.5, 0.6) is 0 Å². The van der Waals surface area contributed by atoms with E-state index in [0.29, 0.717) is 45.3 Å². The summed E-state index contributed by atoms with van der Waals surface area (Å²) in [6.07, 6.45) is 8.33. The van der Waals surface area contributed by atoms with Crippen molar-refractivity contribution >= 4 is 38.4 Å². The van der Waals surface area contributed by atoms with Crippen molar-refractivity contribution in [2.24, 2.45) is 0 Å². The number of hydrogen-bond acceptors (Lipinski definition) is 9. The van der Waals surface area contributed by atoms with Crippen LogP contribution in [0.15, 0.2) is 66.1 Å². The summed E-state index contributed by atoms with van der Waals surface area (Å²) in [5.74, 6) is 0.674. The summed E-state index contributed by atoms with van der Waals surface area (Å²) in [7, 11) is -3.41. The first-order valence-corrected chi connectivity index (χ1v) is 15.2. The van der Waals surface area contributed by atoms with Gasteiger partial charge in [0, 0.05) is 92.5 Å². The first-order valence-electron chi connectivity index (χ1n) is 13.3. The van der Waals surface area contributed by atoms with E-state index in [0.717, 1.165) is 40.9 Å². The molecule has 3 aromatic heterocycles. The van der Waals surface area contributed by atoms with Crippen LogP contribution >= 0.6 is 0 Å². The van der Waals surface area contributed by atoms with E-state index in [1.807, 2.05) is 39.9 Å². The number of carbonyl (C=O) groups is 1. The molecule has 0 saturated carbocycles. The Balaban J connectivity index is 1.20. The fourth-order valence-electron chi connectivity index (χ4n) is 5.23. The van der Waals surface area contributed by atoms with E-state index < -0.39 is 9.84 Å². The molecule has 2 saturated heterocycles. The number of aromatic nitrogens is 4. The van der Waals surface area contributed by atoms with Gasteiger partial charge < -0.3 is 24.0 Å². The lowest BCUT2D eigenvalue weighted by Gasteiger charge is -2.37. The van der Waals surface area contributed by atoms with Crippen molar-refractivity contribution in [1.82, 2.24) is 24.4 Å². The van der Waals surface area contributed by atoms with Crippen molar-refractivity contribution in [2.75, 3.05) is 68.5 Å². The lowest BCUT2D eigenvalue weighted by atomic mass is 10.1. The van der Waals surface area contributed by atoms with Crippen LogP contribution in [-0.2, 0) is 25.9 Å². The molecule has 5 heterocycles. The topological polar surface area (TPSA) is 114 Å². The van der Waals surface area contributed by atoms with E-state index in [4.69, 9.17) is 4.74 Å². The molecule has 0 atom stereocenters. The molecule has 12 heteroatoms. The Labute approximate surface area is 232 Å². The number of hydrogen-bond donors (Lipinski definition) is 0. The number of carbonyl (C=O) groups excluding carboxylic acids is 1. The molecular formula is C28H31N7O4S. The normalized spacial score (nSPS) is 16.5. The molecule has 11 nitrogen and oxygen atoms in total. The molecule has 6 rings (SSSR count). The molecule has 0 aliphatic carbocycles. The van der Waals surface area contributed by atoms with E-state index in [-0.39, 0.29) is 17.3 Å². The van der Waals surface area contributed by atoms with Gasteiger partial charge >= 0.3 is 0 Å². The van der Waals surface area contributed by atoms with Crippen molar-refractivity contribution < 1.29 is 17.9 Å². The Morgan fingerprint density at radius 2 is 1.68 bits per heavy atom. The number of benzene rings is 1. The molecule has 0 radical (unpaired) electrons. The number of rotatable bonds is 6. The molecule has 0 bridgehead atoms. The number of morpholine rings is 1. The third-order valence-electron chi connectivity index (χ3n) is 7.44. The molecule has 1 aromatic carbocycles. The Kier molecular flexibility index (Phi) is 7.11. The first kappa shape index (κ1) is 26.2. The number of pyridine rings is 1. The highest BCUT2D eigenvalue weighted by Gasteiger charge is 2.25. The average Bonchev–Trinajstić information content (AvgIpc) is 3.39. The Bertz CT molecular complexity index is 1620. The van der Waals surface area contributed by atoms with Crippen LogP contribution in [0, 0.1) is 0 Å². The zero-order valence-electron chi connectivity index (χ0n) is 22.3. The smallest absolute Gasteiger partial charge is 0.242 e. The lowest BCUT2D eigenvalue weighted by Crippen LogP contribution is -2.49. The second kappa shape index (κ2) is 10.9. The molecule has 2 aliphatic heterocycles. The van der Waals surface area contributed by atoms with Gasteiger partial charge in [0.05, 0.1) is 18.1 Å². The third-order valence-corrected chi connectivity index (χ3v) is 8.55. The summed E-state index contributed by atoms with van der Waals surface area (Å²) in [4.78, 5) is 33.1. The maximum atomic E-state index is 13.1. The highest BCUT2D eigenvalue weighted by atomic mass is 32.2. The molecule has 40 heavy (non-hydrogen) atoms. The number of anilines is 2. The predicted molar refractivity (Wildman–Crippen MR) is 152 cm³/mol. The van der Waals surface area contributed by atoms with Gasteiger partial charge in [0.2, 0.25) is 11.9 Å². The molecule has 2 fully saturated rings. The Hall–Kier alpha value is -4.03. The zero-order chi connectivity index (χ0) is 27.7. The average molecular weight is 562 g/mol. The minimum Gasteiger partial charge on any atom is -0.378 e. The van der Waals surface area contributed by atoms with Crippen LogP contribution in [0.2, 0.25) is 0 Å². The van der Waals surface area contributed by atoms with Gasteiger partial charge in [-0.15, -0.1) is 0 Å². The van der Waals surface area contributed by atoms with Crippen LogP contribution in [0.1, 0.15) is 0 Å². The molecule has 1 amide bonds. The van der Waals surface area contributed by atoms with Crippen molar-refractivity contribution in [1.29, 1.82) is 0 Å². The number of amides is 1. The van der Waals surface area contributed by atoms with Crippen LogP contribution in [0.3, 0.4) is 0 Å². The molecule has 0 unspecified atom stereocenters. The molecule has 0 spiro atoms. The fourth-order valence-corrected chi connectivity index (χ4v) is 5.88. The summed E-state index contributed by atoms with van der Waals surface area (Å²) < 4.78 is 32.1. The lowest BCUT2D eigenvalue weighted by molar-refractivity contribution is -0.132. The van der Waals surface area contributed by atoms with E-state index in [9.17, 15) is 13.2 Å². The van der Waals surface area contributed by atoms with E-state index >= 15 is 0 Å². The maximum Gasteiger partial charge on any atom is 0.242 e. The highest BCUT2D eigenvalue weighted by Crippen LogP contribution is 2.34. The summed E-state index contributed by atoms with van der Waals surface area (Å²) in [5.41, 5.74) is 3.18. The predicted octanol–water partition coefficient (Wildman–Crippen LogP) is 2.08. The van der Waals surface area contributed by atoms with Gasteiger partial charge in [-0.2, -0.15) is 0 Å². The number of fused-ring (bicyclic) bond motifs is 1. The van der Waals surface area contributed by atoms with Crippen molar-refractivity contribution in [2.45, 2.75) is 11.4 Å². The van der Waals surface area contributed by atoms with Crippen LogP contribution in [0.25, 0.3) is 22.2 Å². The maximum absolute atomic E-state index is 13.1. The minimum absolute atomic E-state index is 0.0440. The summed E-state index contributed by atoms with van der Waals surface area (Å²) in [5, 5.41) is 1.01. The van der Waals surface area contributed by atoms with Gasteiger partial charge in [-0.25, -0.2) is 23.4 Å². The SMILES string of the molecule is CS(=O)(=O)c1ccc(N2CCN(C(=O)Cn3ccc4cccnc43)CC2)c(-c2cnc(N3CCOCC3)nc2)c1. The second-order valence-electron chi connectivity index (χ2n) is 10.0. The van der Waals surface area contributed by atoms with Gasteiger partial charge in [-0.05, 0) is 36.4 Å². The van der Waals surface area contributed by atoms with E-state index in [1.165, 1.54) is 6.26 Å².